The van der Waals surface area contributed by atoms with Crippen molar-refractivity contribution in [2.45, 2.75) is 33.4 Å². The maximum atomic E-state index is 5.56. The number of hydrogen-bond donors (Lipinski definition) is 2. The summed E-state index contributed by atoms with van der Waals surface area (Å²) in [5.74, 6) is 1.65. The van der Waals surface area contributed by atoms with Crippen molar-refractivity contribution in [2.24, 2.45) is 4.99 Å². The molecule has 0 fully saturated rings. The molecule has 6 nitrogen and oxygen atoms in total. The van der Waals surface area contributed by atoms with Crippen LogP contribution in [0.3, 0.4) is 0 Å². The number of pyridine rings is 1. The molecule has 0 saturated carbocycles. The van der Waals surface area contributed by atoms with E-state index in [2.05, 4.69) is 27.5 Å². The Bertz CT molecular complexity index is 611. The Balaban J connectivity index is 1.67. The standard InChI is InChI=1S/C18H26N4O2/c1-3-19-18(21-13-16-8-4-7-15(2)22-16)20-10-6-11-23-14-17-9-5-12-24-17/h4-5,7-9,12H,3,6,10-11,13-14H2,1-2H3,(H2,19,20,21). The number of aliphatic imine (C=N–C) groups is 1. The van der Waals surface area contributed by atoms with Crippen LogP contribution >= 0.6 is 0 Å². The summed E-state index contributed by atoms with van der Waals surface area (Å²) in [6, 6.07) is 9.75. The highest BCUT2D eigenvalue weighted by Gasteiger charge is 1.99. The van der Waals surface area contributed by atoms with E-state index in [1.165, 1.54) is 0 Å². The molecule has 0 saturated heterocycles. The molecule has 0 atom stereocenters. The molecule has 0 spiro atoms. The van der Waals surface area contributed by atoms with Crippen molar-refractivity contribution in [1.29, 1.82) is 0 Å². The van der Waals surface area contributed by atoms with Crippen LogP contribution in [0.5, 0.6) is 0 Å². The smallest absolute Gasteiger partial charge is 0.191 e. The van der Waals surface area contributed by atoms with Gasteiger partial charge in [0.15, 0.2) is 5.96 Å². The maximum Gasteiger partial charge on any atom is 0.191 e. The van der Waals surface area contributed by atoms with Gasteiger partial charge in [-0.2, -0.15) is 0 Å². The molecule has 0 aromatic carbocycles. The molecule has 0 amide bonds. The van der Waals surface area contributed by atoms with Crippen LogP contribution in [0, 0.1) is 6.92 Å². The van der Waals surface area contributed by atoms with Crippen molar-refractivity contribution < 1.29 is 9.15 Å². The third-order valence-electron chi connectivity index (χ3n) is 3.27. The summed E-state index contributed by atoms with van der Waals surface area (Å²) in [6.45, 7) is 7.40. The Morgan fingerprint density at radius 1 is 1.25 bits per heavy atom. The zero-order valence-electron chi connectivity index (χ0n) is 14.4. The predicted molar refractivity (Wildman–Crippen MR) is 94.8 cm³/mol. The van der Waals surface area contributed by atoms with Crippen molar-refractivity contribution in [1.82, 2.24) is 15.6 Å². The highest BCUT2D eigenvalue weighted by molar-refractivity contribution is 5.79. The predicted octanol–water partition coefficient (Wildman–Crippen LogP) is 2.65. The van der Waals surface area contributed by atoms with Crippen molar-refractivity contribution in [3.63, 3.8) is 0 Å². The van der Waals surface area contributed by atoms with Crippen molar-refractivity contribution >= 4 is 5.96 Å². The largest absolute Gasteiger partial charge is 0.467 e. The van der Waals surface area contributed by atoms with E-state index in [9.17, 15) is 0 Å². The number of nitrogens with zero attached hydrogens (tertiary/aromatic N) is 2. The minimum absolute atomic E-state index is 0.514. The second-order valence-corrected chi connectivity index (χ2v) is 5.38. The van der Waals surface area contributed by atoms with Crippen molar-refractivity contribution in [3.05, 3.63) is 53.7 Å². The Labute approximate surface area is 143 Å². The Morgan fingerprint density at radius 2 is 2.17 bits per heavy atom. The first-order valence-corrected chi connectivity index (χ1v) is 8.32. The van der Waals surface area contributed by atoms with Gasteiger partial charge in [0.25, 0.3) is 0 Å². The van der Waals surface area contributed by atoms with Gasteiger partial charge in [0.05, 0.1) is 18.5 Å². The Kier molecular flexibility index (Phi) is 7.83. The minimum Gasteiger partial charge on any atom is -0.467 e. The summed E-state index contributed by atoms with van der Waals surface area (Å²) in [4.78, 5) is 9.02. The molecule has 0 radical (unpaired) electrons. The average molecular weight is 330 g/mol. The molecule has 2 rings (SSSR count). The van der Waals surface area contributed by atoms with Crippen molar-refractivity contribution in [2.75, 3.05) is 19.7 Å². The van der Waals surface area contributed by atoms with Gasteiger partial charge in [0.2, 0.25) is 0 Å². The quantitative estimate of drug-likeness (QED) is 0.420. The first-order chi connectivity index (χ1) is 11.8. The molecule has 6 heteroatoms. The van der Waals surface area contributed by atoms with E-state index in [1.54, 1.807) is 6.26 Å². The molecule has 0 aliphatic rings. The second kappa shape index (κ2) is 10.4. The van der Waals surface area contributed by atoms with E-state index < -0.39 is 0 Å². The number of hydrogen-bond acceptors (Lipinski definition) is 4. The molecular formula is C18H26N4O2. The van der Waals surface area contributed by atoms with E-state index >= 15 is 0 Å². The van der Waals surface area contributed by atoms with Gasteiger partial charge >= 0.3 is 0 Å². The van der Waals surface area contributed by atoms with Crippen LogP contribution in [-0.2, 0) is 17.9 Å². The molecule has 0 unspecified atom stereocenters. The molecular weight excluding hydrogens is 304 g/mol. The fraction of sp³-hybridized carbons (Fsp3) is 0.444. The molecule has 0 aliphatic carbocycles. The maximum absolute atomic E-state index is 5.56. The monoisotopic (exact) mass is 330 g/mol. The highest BCUT2D eigenvalue weighted by atomic mass is 16.5. The van der Waals surface area contributed by atoms with Crippen LogP contribution in [-0.4, -0.2) is 30.6 Å². The lowest BCUT2D eigenvalue weighted by molar-refractivity contribution is 0.105. The number of nitrogens with one attached hydrogen (secondary N) is 2. The SMILES string of the molecule is CCNC(=NCc1cccc(C)n1)NCCCOCc1ccco1. The summed E-state index contributed by atoms with van der Waals surface area (Å²) in [5.41, 5.74) is 1.98. The van der Waals surface area contributed by atoms with E-state index in [0.717, 1.165) is 42.6 Å². The average Bonchev–Trinajstić information content (AvgIpc) is 3.09. The third-order valence-corrected chi connectivity index (χ3v) is 3.27. The molecule has 2 aromatic rings. The van der Waals surface area contributed by atoms with Gasteiger partial charge in [-0.05, 0) is 44.5 Å². The van der Waals surface area contributed by atoms with Gasteiger partial charge in [0, 0.05) is 25.4 Å². The lowest BCUT2D eigenvalue weighted by Gasteiger charge is -2.11. The van der Waals surface area contributed by atoms with Gasteiger partial charge in [-0.1, -0.05) is 6.07 Å². The van der Waals surface area contributed by atoms with Gasteiger partial charge in [-0.25, -0.2) is 4.99 Å². The number of aromatic nitrogens is 1. The van der Waals surface area contributed by atoms with Crippen LogP contribution in [0.2, 0.25) is 0 Å². The second-order valence-electron chi connectivity index (χ2n) is 5.38. The Hall–Kier alpha value is -2.34. The van der Waals surface area contributed by atoms with E-state index in [0.29, 0.717) is 19.8 Å². The number of rotatable bonds is 9. The van der Waals surface area contributed by atoms with Crippen LogP contribution in [0.4, 0.5) is 0 Å². The number of furan rings is 1. The first-order valence-electron chi connectivity index (χ1n) is 8.32. The van der Waals surface area contributed by atoms with Gasteiger partial charge in [0.1, 0.15) is 12.4 Å². The lowest BCUT2D eigenvalue weighted by Crippen LogP contribution is -2.38. The Morgan fingerprint density at radius 3 is 2.92 bits per heavy atom. The molecule has 2 N–H and O–H groups in total. The lowest BCUT2D eigenvalue weighted by atomic mass is 10.3. The zero-order chi connectivity index (χ0) is 17.0. The number of guanidine groups is 1. The van der Waals surface area contributed by atoms with Crippen LogP contribution in [0.25, 0.3) is 0 Å². The summed E-state index contributed by atoms with van der Waals surface area (Å²) in [7, 11) is 0. The normalized spacial score (nSPS) is 11.5. The molecule has 130 valence electrons. The zero-order valence-corrected chi connectivity index (χ0v) is 14.4. The topological polar surface area (TPSA) is 71.7 Å². The van der Waals surface area contributed by atoms with Crippen molar-refractivity contribution in [3.8, 4) is 0 Å². The van der Waals surface area contributed by atoms with Gasteiger partial charge in [-0.15, -0.1) is 0 Å². The molecule has 0 bridgehead atoms. The van der Waals surface area contributed by atoms with E-state index in [4.69, 9.17) is 9.15 Å². The number of ether oxygens (including phenoxy) is 1. The summed E-state index contributed by atoms with van der Waals surface area (Å²) in [6.07, 6.45) is 2.55. The first kappa shape index (κ1) is 18.0. The fourth-order valence-electron chi connectivity index (χ4n) is 2.14. The fourth-order valence-corrected chi connectivity index (χ4v) is 2.14. The van der Waals surface area contributed by atoms with Gasteiger partial charge in [-0.3, -0.25) is 4.98 Å². The van der Waals surface area contributed by atoms with Crippen LogP contribution in [0.1, 0.15) is 30.5 Å². The van der Waals surface area contributed by atoms with E-state index in [-0.39, 0.29) is 0 Å². The number of aryl methyl sites for hydroxylation is 1. The third kappa shape index (κ3) is 6.83. The molecule has 2 heterocycles. The van der Waals surface area contributed by atoms with Gasteiger partial charge < -0.3 is 19.8 Å². The summed E-state index contributed by atoms with van der Waals surface area (Å²) < 4.78 is 10.8. The van der Waals surface area contributed by atoms with Crippen LogP contribution < -0.4 is 10.6 Å². The molecule has 0 aliphatic heterocycles. The molecule has 2 aromatic heterocycles. The minimum atomic E-state index is 0.514. The highest BCUT2D eigenvalue weighted by Crippen LogP contribution is 2.02. The summed E-state index contributed by atoms with van der Waals surface area (Å²) >= 11 is 0. The van der Waals surface area contributed by atoms with Crippen LogP contribution in [0.15, 0.2) is 46.0 Å². The molecule has 24 heavy (non-hydrogen) atoms. The summed E-state index contributed by atoms with van der Waals surface area (Å²) in [5, 5.41) is 6.54. The van der Waals surface area contributed by atoms with E-state index in [1.807, 2.05) is 37.3 Å².